The summed E-state index contributed by atoms with van der Waals surface area (Å²) in [6.45, 7) is 5.23. The summed E-state index contributed by atoms with van der Waals surface area (Å²) >= 11 is 0. The molecule has 0 aromatic carbocycles. The molecule has 0 fully saturated rings. The summed E-state index contributed by atoms with van der Waals surface area (Å²) in [4.78, 5) is 0. The van der Waals surface area contributed by atoms with E-state index in [9.17, 15) is 0 Å². The van der Waals surface area contributed by atoms with Crippen molar-refractivity contribution in [3.63, 3.8) is 0 Å². The topological polar surface area (TPSA) is 32.6 Å². The zero-order chi connectivity index (χ0) is 8.81. The van der Waals surface area contributed by atoms with Crippen LogP contribution in [0.4, 0.5) is 0 Å². The van der Waals surface area contributed by atoms with Crippen LogP contribution >= 0.6 is 0 Å². The maximum absolute atomic E-state index is 8.35. The van der Waals surface area contributed by atoms with Crippen LogP contribution in [0.15, 0.2) is 31.4 Å². The van der Waals surface area contributed by atoms with Crippen LogP contribution in [0.2, 0.25) is 0 Å². The molecule has 0 aliphatic rings. The Kier molecular flexibility index (Phi) is 5.90. The van der Waals surface area contributed by atoms with E-state index >= 15 is 0 Å². The second-order valence-electron chi connectivity index (χ2n) is 2.55. The quantitative estimate of drug-likeness (QED) is 0.439. The number of aromatic nitrogens is 2. The number of nitrogens with zero attached hydrogens (tertiary/aromatic N) is 3. The summed E-state index contributed by atoms with van der Waals surface area (Å²) in [5, 5.41) is 8.35. The summed E-state index contributed by atoms with van der Waals surface area (Å²) < 4.78 is 4.01. The molecule has 0 N–H and O–H groups in total. The van der Waals surface area contributed by atoms with E-state index in [0.29, 0.717) is 6.42 Å². The van der Waals surface area contributed by atoms with E-state index in [1.165, 1.54) is 0 Å². The van der Waals surface area contributed by atoms with Crippen molar-refractivity contribution in [2.45, 2.75) is 19.5 Å². The Morgan fingerprint density at radius 3 is 3.00 bits per heavy atom. The number of hydrogen-bond acceptors (Lipinski definition) is 1. The van der Waals surface area contributed by atoms with E-state index in [-0.39, 0.29) is 17.0 Å². The van der Waals surface area contributed by atoms with Crippen molar-refractivity contribution in [3.05, 3.63) is 31.4 Å². The highest BCUT2D eigenvalue weighted by Crippen LogP contribution is 1.87. The van der Waals surface area contributed by atoms with Gasteiger partial charge in [-0.15, -0.1) is 0 Å². The summed E-state index contributed by atoms with van der Waals surface area (Å²) in [5.74, 6) is 0. The number of nitriles is 1. The van der Waals surface area contributed by atoms with Crippen LogP contribution in [0.3, 0.4) is 0 Å². The largest absolute Gasteiger partial charge is 1.00 e. The van der Waals surface area contributed by atoms with Gasteiger partial charge in [0.1, 0.15) is 25.5 Å². The molecule has 4 heteroatoms. The van der Waals surface area contributed by atoms with Crippen molar-refractivity contribution < 1.29 is 21.5 Å². The van der Waals surface area contributed by atoms with Gasteiger partial charge in [-0.3, -0.25) is 0 Å². The zero-order valence-corrected chi connectivity index (χ0v) is 8.94. The van der Waals surface area contributed by atoms with Gasteiger partial charge in [0.25, 0.3) is 0 Å². The molecule has 0 amide bonds. The number of rotatable bonds is 4. The number of imidazole rings is 1. The predicted octanol–water partition coefficient (Wildman–Crippen LogP) is -2.12. The average Bonchev–Trinajstić information content (AvgIpc) is 2.50. The molecule has 0 radical (unpaired) electrons. The van der Waals surface area contributed by atoms with E-state index in [1.54, 1.807) is 0 Å². The first-order valence-electron chi connectivity index (χ1n) is 3.89. The molecular weight excluding hydrogens is 230 g/mol. The van der Waals surface area contributed by atoms with Crippen LogP contribution in [0.1, 0.15) is 6.42 Å². The fraction of sp³-hybridized carbons (Fsp3) is 0.333. The normalized spacial score (nSPS) is 8.54. The first-order chi connectivity index (χ1) is 5.86. The predicted molar refractivity (Wildman–Crippen MR) is 45.1 cm³/mol. The Hall–Kier alpha value is -1.08. The van der Waals surface area contributed by atoms with Crippen LogP contribution in [-0.2, 0) is 13.1 Å². The van der Waals surface area contributed by atoms with E-state index in [4.69, 9.17) is 5.26 Å². The molecule has 3 nitrogen and oxygen atoms in total. The summed E-state index contributed by atoms with van der Waals surface area (Å²) in [7, 11) is 0. The van der Waals surface area contributed by atoms with Crippen LogP contribution in [-0.4, -0.2) is 4.57 Å². The molecule has 13 heavy (non-hydrogen) atoms. The molecule has 0 saturated heterocycles. The van der Waals surface area contributed by atoms with Gasteiger partial charge in [0.2, 0.25) is 6.33 Å². The molecule has 70 valence electrons. The smallest absolute Gasteiger partial charge is 0.244 e. The Bertz CT molecular complexity index is 298. The van der Waals surface area contributed by atoms with Crippen LogP contribution in [0, 0.1) is 11.3 Å². The third-order valence-corrected chi connectivity index (χ3v) is 1.57. The van der Waals surface area contributed by atoms with E-state index in [1.807, 2.05) is 33.9 Å². The molecule has 0 spiro atoms. The fourth-order valence-electron chi connectivity index (χ4n) is 1.01. The molecule has 0 aliphatic carbocycles. The van der Waals surface area contributed by atoms with Crippen LogP contribution < -0.4 is 21.5 Å². The molecule has 1 aromatic rings. The summed E-state index contributed by atoms with van der Waals surface area (Å²) in [6.07, 6.45) is 8.30. The van der Waals surface area contributed by atoms with Crippen molar-refractivity contribution in [1.29, 1.82) is 5.26 Å². The number of allylic oxidation sites excluding steroid dienone is 1. The molecule has 0 aliphatic heterocycles. The van der Waals surface area contributed by atoms with Gasteiger partial charge in [-0.25, -0.2) is 9.13 Å². The molecule has 0 bridgehead atoms. The summed E-state index contributed by atoms with van der Waals surface area (Å²) in [5.41, 5.74) is 0. The van der Waals surface area contributed by atoms with Crippen molar-refractivity contribution >= 4 is 0 Å². The van der Waals surface area contributed by atoms with Gasteiger partial charge in [0, 0.05) is 0 Å². The lowest BCUT2D eigenvalue weighted by molar-refractivity contribution is -0.686. The minimum Gasteiger partial charge on any atom is -1.00 e. The molecule has 1 heterocycles. The Balaban J connectivity index is 0.00000144. The van der Waals surface area contributed by atoms with Gasteiger partial charge in [0.15, 0.2) is 0 Å². The van der Waals surface area contributed by atoms with Crippen LogP contribution in [0.25, 0.3) is 0 Å². The molecular formula is C9H12BrN3. The highest BCUT2D eigenvalue weighted by molar-refractivity contribution is 4.73. The standard InChI is InChI=1S/C9H12N3.BrH/c1-2-5-11-7-8-12(9-11)6-3-4-10;/h2,7-9H,1,3,5-6H2;1H/q+1;/p-1. The Labute approximate surface area is 88.7 Å². The van der Waals surface area contributed by atoms with Crippen molar-refractivity contribution in [2.75, 3.05) is 0 Å². The molecule has 1 rings (SSSR count). The summed E-state index contributed by atoms with van der Waals surface area (Å²) in [6, 6.07) is 2.11. The van der Waals surface area contributed by atoms with Gasteiger partial charge >= 0.3 is 0 Å². The maximum atomic E-state index is 8.35. The number of halogens is 1. The number of aryl methyl sites for hydroxylation is 1. The monoisotopic (exact) mass is 241 g/mol. The second-order valence-corrected chi connectivity index (χ2v) is 2.55. The zero-order valence-electron chi connectivity index (χ0n) is 7.36. The number of hydrogen-bond donors (Lipinski definition) is 0. The van der Waals surface area contributed by atoms with E-state index in [0.717, 1.165) is 13.1 Å². The lowest BCUT2D eigenvalue weighted by Crippen LogP contribution is -3.00. The lowest BCUT2D eigenvalue weighted by Gasteiger charge is -1.87. The molecule has 0 atom stereocenters. The highest BCUT2D eigenvalue weighted by Gasteiger charge is 1.99. The first kappa shape index (κ1) is 11.9. The van der Waals surface area contributed by atoms with E-state index in [2.05, 4.69) is 12.6 Å². The van der Waals surface area contributed by atoms with Crippen molar-refractivity contribution in [1.82, 2.24) is 4.57 Å². The minimum atomic E-state index is 0. The highest BCUT2D eigenvalue weighted by atomic mass is 79.9. The van der Waals surface area contributed by atoms with Gasteiger partial charge < -0.3 is 17.0 Å². The Morgan fingerprint density at radius 2 is 2.38 bits per heavy atom. The fourth-order valence-corrected chi connectivity index (χ4v) is 1.01. The molecule has 0 unspecified atom stereocenters. The molecule has 0 saturated carbocycles. The van der Waals surface area contributed by atoms with Gasteiger partial charge in [0.05, 0.1) is 12.5 Å². The van der Waals surface area contributed by atoms with E-state index < -0.39 is 0 Å². The third-order valence-electron chi connectivity index (χ3n) is 1.57. The SMILES string of the molecule is C=CC[n+]1ccn(CCC#N)c1.[Br-]. The Morgan fingerprint density at radius 1 is 1.62 bits per heavy atom. The van der Waals surface area contributed by atoms with Crippen molar-refractivity contribution in [3.8, 4) is 6.07 Å². The minimum absolute atomic E-state index is 0. The van der Waals surface area contributed by atoms with Crippen LogP contribution in [0.5, 0.6) is 0 Å². The van der Waals surface area contributed by atoms with Gasteiger partial charge in [-0.2, -0.15) is 5.26 Å². The lowest BCUT2D eigenvalue weighted by atomic mass is 10.5. The first-order valence-corrected chi connectivity index (χ1v) is 3.89. The van der Waals surface area contributed by atoms with Crippen molar-refractivity contribution in [2.24, 2.45) is 0 Å². The van der Waals surface area contributed by atoms with Gasteiger partial charge in [-0.1, -0.05) is 12.7 Å². The average molecular weight is 242 g/mol. The third kappa shape index (κ3) is 3.90. The van der Waals surface area contributed by atoms with Gasteiger partial charge in [-0.05, 0) is 0 Å². The second kappa shape index (κ2) is 6.44. The molecule has 1 aromatic heterocycles. The maximum Gasteiger partial charge on any atom is 0.244 e.